The van der Waals surface area contributed by atoms with E-state index in [0.29, 0.717) is 12.1 Å². The monoisotopic (exact) mass is 317 g/mol. The van der Waals surface area contributed by atoms with Crippen LogP contribution in [0.1, 0.15) is 16.2 Å². The summed E-state index contributed by atoms with van der Waals surface area (Å²) in [6.07, 6.45) is 5.05. The number of H-pyrrole nitrogens is 2. The number of imidazole rings is 2. The molecule has 2 aromatic heterocycles. The fourth-order valence-corrected chi connectivity index (χ4v) is 2.65. The maximum absolute atomic E-state index is 13.1. The van der Waals surface area contributed by atoms with Gasteiger partial charge < -0.3 is 14.9 Å². The number of nitrogens with one attached hydrogen (secondary N) is 2. The minimum Gasteiger partial charge on any atom is -0.347 e. The molecule has 6 heteroatoms. The van der Waals surface area contributed by atoms with E-state index >= 15 is 0 Å². The quantitative estimate of drug-likeness (QED) is 0.607. The van der Waals surface area contributed by atoms with E-state index in [4.69, 9.17) is 0 Å². The molecule has 6 nitrogen and oxygen atoms in total. The highest BCUT2D eigenvalue weighted by molar-refractivity contribution is 6.07. The van der Waals surface area contributed by atoms with Crippen LogP contribution >= 0.6 is 0 Å². The summed E-state index contributed by atoms with van der Waals surface area (Å²) in [7, 11) is 0. The van der Waals surface area contributed by atoms with Gasteiger partial charge in [0.25, 0.3) is 5.91 Å². The molecule has 4 aromatic rings. The Labute approximate surface area is 138 Å². The molecule has 24 heavy (non-hydrogen) atoms. The molecule has 0 spiro atoms. The number of rotatable bonds is 4. The molecule has 0 fully saturated rings. The van der Waals surface area contributed by atoms with Gasteiger partial charge in [0.2, 0.25) is 0 Å². The number of anilines is 1. The lowest BCUT2D eigenvalue weighted by Crippen LogP contribution is -2.30. The number of hydrogen-bond donors (Lipinski definition) is 2. The second kappa shape index (κ2) is 6.00. The summed E-state index contributed by atoms with van der Waals surface area (Å²) in [6, 6.07) is 15.0. The Morgan fingerprint density at radius 1 is 1.04 bits per heavy atom. The second-order valence-electron chi connectivity index (χ2n) is 5.40. The van der Waals surface area contributed by atoms with Gasteiger partial charge in [-0.2, -0.15) is 0 Å². The molecule has 1 amide bonds. The number of aromatic nitrogens is 4. The molecule has 2 N–H and O–H groups in total. The number of carbonyl (C=O) groups is 1. The number of benzene rings is 2. The van der Waals surface area contributed by atoms with Crippen LogP contribution in [0.2, 0.25) is 0 Å². The summed E-state index contributed by atoms with van der Waals surface area (Å²) in [5, 5.41) is 0. The van der Waals surface area contributed by atoms with Crippen LogP contribution in [-0.4, -0.2) is 25.8 Å². The number of aromatic amines is 2. The summed E-state index contributed by atoms with van der Waals surface area (Å²) >= 11 is 0. The van der Waals surface area contributed by atoms with E-state index in [9.17, 15) is 4.79 Å². The smallest absolute Gasteiger partial charge is 0.258 e. The lowest BCUT2D eigenvalue weighted by atomic mass is 10.1. The lowest BCUT2D eigenvalue weighted by Gasteiger charge is -2.22. The van der Waals surface area contributed by atoms with Gasteiger partial charge in [-0.05, 0) is 30.3 Å². The molecule has 0 saturated carbocycles. The Bertz CT molecular complexity index is 959. The van der Waals surface area contributed by atoms with E-state index in [0.717, 1.165) is 22.5 Å². The molecule has 0 bridgehead atoms. The molecule has 2 aromatic carbocycles. The van der Waals surface area contributed by atoms with Crippen molar-refractivity contribution in [2.24, 2.45) is 0 Å². The van der Waals surface area contributed by atoms with Crippen LogP contribution in [0.4, 0.5) is 5.69 Å². The van der Waals surface area contributed by atoms with Crippen molar-refractivity contribution in [1.29, 1.82) is 0 Å². The minimum atomic E-state index is -0.0888. The van der Waals surface area contributed by atoms with Gasteiger partial charge in [-0.1, -0.05) is 18.2 Å². The first-order valence-electron chi connectivity index (χ1n) is 7.59. The van der Waals surface area contributed by atoms with Crippen molar-refractivity contribution in [2.45, 2.75) is 6.54 Å². The van der Waals surface area contributed by atoms with Gasteiger partial charge in [0.05, 0.1) is 23.9 Å². The van der Waals surface area contributed by atoms with Crippen molar-refractivity contribution >= 4 is 22.6 Å². The zero-order valence-corrected chi connectivity index (χ0v) is 12.8. The third kappa shape index (κ3) is 2.65. The molecule has 0 radical (unpaired) electrons. The van der Waals surface area contributed by atoms with Crippen molar-refractivity contribution < 1.29 is 4.79 Å². The third-order valence-corrected chi connectivity index (χ3v) is 3.84. The fraction of sp³-hybridized carbons (Fsp3) is 0.0556. The molecule has 118 valence electrons. The molecule has 2 heterocycles. The zero-order chi connectivity index (χ0) is 16.4. The normalized spacial score (nSPS) is 10.8. The van der Waals surface area contributed by atoms with Crippen LogP contribution in [-0.2, 0) is 6.54 Å². The van der Waals surface area contributed by atoms with E-state index in [1.54, 1.807) is 29.7 Å². The van der Waals surface area contributed by atoms with Gasteiger partial charge in [0, 0.05) is 23.6 Å². The van der Waals surface area contributed by atoms with E-state index < -0.39 is 0 Å². The Hall–Kier alpha value is -3.41. The second-order valence-corrected chi connectivity index (χ2v) is 5.40. The number of amides is 1. The van der Waals surface area contributed by atoms with Crippen LogP contribution in [0.3, 0.4) is 0 Å². The van der Waals surface area contributed by atoms with E-state index in [2.05, 4.69) is 19.9 Å². The fourth-order valence-electron chi connectivity index (χ4n) is 2.65. The predicted octanol–water partition coefficient (Wildman–Crippen LogP) is 3.13. The van der Waals surface area contributed by atoms with Crippen LogP contribution in [0.25, 0.3) is 11.0 Å². The molecular formula is C18H15N5O. The van der Waals surface area contributed by atoms with Crippen molar-refractivity contribution in [1.82, 2.24) is 19.9 Å². The highest BCUT2D eigenvalue weighted by atomic mass is 16.2. The van der Waals surface area contributed by atoms with Gasteiger partial charge >= 0.3 is 0 Å². The lowest BCUT2D eigenvalue weighted by molar-refractivity contribution is 0.0984. The molecule has 4 rings (SSSR count). The van der Waals surface area contributed by atoms with E-state index in [1.807, 2.05) is 42.5 Å². The summed E-state index contributed by atoms with van der Waals surface area (Å²) < 4.78 is 0. The number of para-hydroxylation sites is 1. The van der Waals surface area contributed by atoms with Crippen molar-refractivity contribution in [3.8, 4) is 0 Å². The van der Waals surface area contributed by atoms with Gasteiger partial charge in [-0.25, -0.2) is 9.97 Å². The largest absolute Gasteiger partial charge is 0.347 e. The molecule has 0 unspecified atom stereocenters. The average molecular weight is 317 g/mol. The first-order chi connectivity index (χ1) is 11.8. The molecule has 0 aliphatic heterocycles. The summed E-state index contributed by atoms with van der Waals surface area (Å²) in [5.41, 5.74) is 3.10. The molecule has 0 saturated heterocycles. The number of nitrogens with zero attached hydrogens (tertiary/aromatic N) is 3. The SMILES string of the molecule is O=C(c1ccc2nc[nH]c2c1)N(Cc1ncc[nH]1)c1ccccc1. The van der Waals surface area contributed by atoms with E-state index in [-0.39, 0.29) is 5.91 Å². The summed E-state index contributed by atoms with van der Waals surface area (Å²) in [4.78, 5) is 29.3. The molecular weight excluding hydrogens is 302 g/mol. The molecule has 0 aliphatic rings. The summed E-state index contributed by atoms with van der Waals surface area (Å²) in [5.74, 6) is 0.643. The van der Waals surface area contributed by atoms with E-state index in [1.165, 1.54) is 0 Å². The molecule has 0 aliphatic carbocycles. The maximum atomic E-state index is 13.1. The van der Waals surface area contributed by atoms with Gasteiger partial charge in [-0.15, -0.1) is 0 Å². The first-order valence-corrected chi connectivity index (χ1v) is 7.59. The Morgan fingerprint density at radius 2 is 1.92 bits per heavy atom. The topological polar surface area (TPSA) is 77.7 Å². The maximum Gasteiger partial charge on any atom is 0.258 e. The van der Waals surface area contributed by atoms with Crippen molar-refractivity contribution in [3.05, 3.63) is 78.6 Å². The third-order valence-electron chi connectivity index (χ3n) is 3.84. The van der Waals surface area contributed by atoms with Gasteiger partial charge in [-0.3, -0.25) is 4.79 Å². The highest BCUT2D eigenvalue weighted by Gasteiger charge is 2.19. The van der Waals surface area contributed by atoms with Crippen LogP contribution in [0.15, 0.2) is 67.3 Å². The number of carbonyl (C=O) groups excluding carboxylic acids is 1. The Balaban J connectivity index is 1.72. The molecule has 0 atom stereocenters. The van der Waals surface area contributed by atoms with Crippen LogP contribution in [0.5, 0.6) is 0 Å². The minimum absolute atomic E-state index is 0.0888. The standard InChI is InChI=1S/C18H15N5O/c24-18(13-6-7-15-16(10-13)22-12-21-15)23(11-17-19-8-9-20-17)14-4-2-1-3-5-14/h1-10,12H,11H2,(H,19,20)(H,21,22). The number of hydrogen-bond acceptors (Lipinski definition) is 3. The van der Waals surface area contributed by atoms with Crippen molar-refractivity contribution in [3.63, 3.8) is 0 Å². The Kier molecular flexibility index (Phi) is 3.55. The zero-order valence-electron chi connectivity index (χ0n) is 12.8. The highest BCUT2D eigenvalue weighted by Crippen LogP contribution is 2.20. The van der Waals surface area contributed by atoms with Gasteiger partial charge in [0.15, 0.2) is 0 Å². The van der Waals surface area contributed by atoms with Crippen LogP contribution in [0, 0.1) is 0 Å². The number of fused-ring (bicyclic) bond motifs is 1. The predicted molar refractivity (Wildman–Crippen MR) is 91.6 cm³/mol. The first kappa shape index (κ1) is 14.2. The van der Waals surface area contributed by atoms with Crippen molar-refractivity contribution in [2.75, 3.05) is 4.90 Å². The van der Waals surface area contributed by atoms with Crippen LogP contribution < -0.4 is 4.90 Å². The Morgan fingerprint density at radius 3 is 2.71 bits per heavy atom. The average Bonchev–Trinajstić information content (AvgIpc) is 3.30. The summed E-state index contributed by atoms with van der Waals surface area (Å²) in [6.45, 7) is 0.372. The van der Waals surface area contributed by atoms with Gasteiger partial charge in [0.1, 0.15) is 5.82 Å².